The molecular weight excluding hydrogens is 280 g/mol. The minimum absolute atomic E-state index is 0. The van der Waals surface area contributed by atoms with E-state index in [9.17, 15) is 4.79 Å². The van der Waals surface area contributed by atoms with Gasteiger partial charge in [-0.25, -0.2) is 0 Å². The molecular formula is C17H36N2O3. The largest absolute Gasteiger partial charge is 0.380 e. The average Bonchev–Trinajstić information content (AvgIpc) is 2.49. The molecule has 1 atom stereocenters. The predicted molar refractivity (Wildman–Crippen MR) is 91.1 cm³/mol. The molecule has 22 heavy (non-hydrogen) atoms. The van der Waals surface area contributed by atoms with Crippen molar-refractivity contribution in [2.75, 3.05) is 46.0 Å². The fraction of sp³-hybridized carbons (Fsp3) is 0.941. The van der Waals surface area contributed by atoms with Gasteiger partial charge >= 0.3 is 0 Å². The molecule has 0 aromatic rings. The highest BCUT2D eigenvalue weighted by molar-refractivity contribution is 5.75. The van der Waals surface area contributed by atoms with Crippen molar-refractivity contribution in [3.8, 4) is 0 Å². The average molecular weight is 316 g/mol. The standard InChI is InChI=1S/C17H34N2O3.H2/c1-4-6-17(20)18-13-16-14-19(9-12-22-16)8-11-21-10-5-7-15(2)3;/h15-16H,4-14H2,1-3H3,(H,18,20);1H. The van der Waals surface area contributed by atoms with Crippen LogP contribution in [0.4, 0.5) is 0 Å². The van der Waals surface area contributed by atoms with Crippen molar-refractivity contribution in [3.05, 3.63) is 0 Å². The van der Waals surface area contributed by atoms with Gasteiger partial charge in [-0.05, 0) is 25.2 Å². The Morgan fingerprint density at radius 1 is 1.45 bits per heavy atom. The summed E-state index contributed by atoms with van der Waals surface area (Å²) in [5, 5.41) is 2.95. The van der Waals surface area contributed by atoms with Crippen LogP contribution >= 0.6 is 0 Å². The molecule has 0 aromatic heterocycles. The minimum Gasteiger partial charge on any atom is -0.380 e. The van der Waals surface area contributed by atoms with Crippen LogP contribution in [0.2, 0.25) is 0 Å². The van der Waals surface area contributed by atoms with Crippen molar-refractivity contribution in [3.63, 3.8) is 0 Å². The second-order valence-electron chi connectivity index (χ2n) is 6.50. The molecule has 1 unspecified atom stereocenters. The zero-order valence-electron chi connectivity index (χ0n) is 14.6. The van der Waals surface area contributed by atoms with E-state index in [1.807, 2.05) is 6.92 Å². The molecule has 0 aliphatic carbocycles. The van der Waals surface area contributed by atoms with Gasteiger partial charge in [0.1, 0.15) is 0 Å². The molecule has 1 aliphatic heterocycles. The number of rotatable bonds is 11. The summed E-state index contributed by atoms with van der Waals surface area (Å²) < 4.78 is 11.4. The summed E-state index contributed by atoms with van der Waals surface area (Å²) in [6.45, 7) is 12.3. The van der Waals surface area contributed by atoms with Crippen LogP contribution in [0, 0.1) is 5.92 Å². The summed E-state index contributed by atoms with van der Waals surface area (Å²) in [7, 11) is 0. The Morgan fingerprint density at radius 2 is 2.27 bits per heavy atom. The van der Waals surface area contributed by atoms with Crippen molar-refractivity contribution in [2.24, 2.45) is 5.92 Å². The van der Waals surface area contributed by atoms with E-state index in [1.165, 1.54) is 6.42 Å². The van der Waals surface area contributed by atoms with Crippen LogP contribution in [0.1, 0.15) is 47.9 Å². The number of hydrogen-bond donors (Lipinski definition) is 1. The zero-order valence-corrected chi connectivity index (χ0v) is 14.6. The van der Waals surface area contributed by atoms with Crippen molar-refractivity contribution in [1.82, 2.24) is 10.2 Å². The van der Waals surface area contributed by atoms with Crippen LogP contribution in [0.3, 0.4) is 0 Å². The summed E-state index contributed by atoms with van der Waals surface area (Å²) in [6.07, 6.45) is 3.97. The number of amides is 1. The van der Waals surface area contributed by atoms with E-state index >= 15 is 0 Å². The zero-order chi connectivity index (χ0) is 16.2. The monoisotopic (exact) mass is 316 g/mol. The summed E-state index contributed by atoms with van der Waals surface area (Å²) in [4.78, 5) is 13.9. The van der Waals surface area contributed by atoms with Crippen LogP contribution in [-0.2, 0) is 14.3 Å². The summed E-state index contributed by atoms with van der Waals surface area (Å²) in [5.41, 5.74) is 0. The van der Waals surface area contributed by atoms with Gasteiger partial charge in [-0.2, -0.15) is 0 Å². The second kappa shape index (κ2) is 11.9. The molecule has 0 saturated carbocycles. The molecule has 132 valence electrons. The van der Waals surface area contributed by atoms with Crippen molar-refractivity contribution < 1.29 is 15.7 Å². The second-order valence-corrected chi connectivity index (χ2v) is 6.50. The third-order valence-corrected chi connectivity index (χ3v) is 3.85. The maximum absolute atomic E-state index is 11.5. The topological polar surface area (TPSA) is 50.8 Å². The quantitative estimate of drug-likeness (QED) is 0.594. The van der Waals surface area contributed by atoms with Gasteiger partial charge < -0.3 is 14.8 Å². The Kier molecular flexibility index (Phi) is 10.5. The summed E-state index contributed by atoms with van der Waals surface area (Å²) in [5.74, 6) is 0.878. The lowest BCUT2D eigenvalue weighted by molar-refractivity contribution is -0.122. The first-order valence-electron chi connectivity index (χ1n) is 8.80. The Morgan fingerprint density at radius 3 is 3.00 bits per heavy atom. The van der Waals surface area contributed by atoms with Gasteiger partial charge in [0.2, 0.25) is 5.91 Å². The smallest absolute Gasteiger partial charge is 0.220 e. The molecule has 1 amide bonds. The van der Waals surface area contributed by atoms with E-state index < -0.39 is 0 Å². The van der Waals surface area contributed by atoms with Crippen LogP contribution in [0.15, 0.2) is 0 Å². The molecule has 0 spiro atoms. The molecule has 5 heteroatoms. The molecule has 1 saturated heterocycles. The molecule has 1 fully saturated rings. The Bertz CT molecular complexity index is 304. The van der Waals surface area contributed by atoms with Gasteiger partial charge in [0.05, 0.1) is 19.3 Å². The first-order valence-corrected chi connectivity index (χ1v) is 8.80. The van der Waals surface area contributed by atoms with Crippen LogP contribution in [0.25, 0.3) is 0 Å². The van der Waals surface area contributed by atoms with E-state index in [2.05, 4.69) is 24.1 Å². The Balaban J connectivity index is 0.00000484. The fourth-order valence-corrected chi connectivity index (χ4v) is 2.54. The first kappa shape index (κ1) is 19.4. The number of carbonyl (C=O) groups is 1. The van der Waals surface area contributed by atoms with E-state index in [0.717, 1.165) is 58.2 Å². The number of nitrogens with one attached hydrogen (secondary N) is 1. The van der Waals surface area contributed by atoms with Gasteiger partial charge in [0.15, 0.2) is 0 Å². The van der Waals surface area contributed by atoms with Crippen LogP contribution < -0.4 is 5.32 Å². The van der Waals surface area contributed by atoms with E-state index in [1.54, 1.807) is 0 Å². The third kappa shape index (κ3) is 9.38. The normalized spacial score (nSPS) is 19.5. The number of ether oxygens (including phenoxy) is 2. The van der Waals surface area contributed by atoms with Gasteiger partial charge in [-0.1, -0.05) is 20.8 Å². The Labute approximate surface area is 137 Å². The van der Waals surface area contributed by atoms with E-state index in [-0.39, 0.29) is 13.4 Å². The van der Waals surface area contributed by atoms with E-state index in [0.29, 0.717) is 13.0 Å². The number of morpholine rings is 1. The molecule has 1 aliphatic rings. The van der Waals surface area contributed by atoms with Gasteiger partial charge in [-0.15, -0.1) is 0 Å². The summed E-state index contributed by atoms with van der Waals surface area (Å²) in [6, 6.07) is 0. The molecule has 0 aromatic carbocycles. The van der Waals surface area contributed by atoms with Crippen LogP contribution in [0.5, 0.6) is 0 Å². The highest BCUT2D eigenvalue weighted by atomic mass is 16.5. The predicted octanol–water partition coefficient (Wildman–Crippen LogP) is 2.30. The molecule has 0 bridgehead atoms. The maximum atomic E-state index is 11.5. The van der Waals surface area contributed by atoms with Crippen molar-refractivity contribution in [1.29, 1.82) is 0 Å². The summed E-state index contributed by atoms with van der Waals surface area (Å²) >= 11 is 0. The SMILES string of the molecule is CCCC(=O)NCC1CN(CCOCCCC(C)C)CCO1.[HH]. The molecule has 5 nitrogen and oxygen atoms in total. The van der Waals surface area contributed by atoms with E-state index in [4.69, 9.17) is 9.47 Å². The van der Waals surface area contributed by atoms with Crippen molar-refractivity contribution >= 4 is 5.91 Å². The third-order valence-electron chi connectivity index (χ3n) is 3.85. The lowest BCUT2D eigenvalue weighted by Gasteiger charge is -2.32. The number of nitrogens with zero attached hydrogens (tertiary/aromatic N) is 1. The number of carbonyl (C=O) groups excluding carboxylic acids is 1. The number of hydrogen-bond acceptors (Lipinski definition) is 4. The molecule has 1 rings (SSSR count). The molecule has 1 N–H and O–H groups in total. The van der Waals surface area contributed by atoms with Gasteiger partial charge in [0.25, 0.3) is 0 Å². The van der Waals surface area contributed by atoms with Crippen molar-refractivity contribution in [2.45, 2.75) is 52.6 Å². The minimum atomic E-state index is 0. The maximum Gasteiger partial charge on any atom is 0.220 e. The molecule has 1 heterocycles. The highest BCUT2D eigenvalue weighted by Crippen LogP contribution is 2.06. The lowest BCUT2D eigenvalue weighted by Crippen LogP contribution is -2.48. The molecule has 0 radical (unpaired) electrons. The fourth-order valence-electron chi connectivity index (χ4n) is 2.54. The lowest BCUT2D eigenvalue weighted by atomic mass is 10.1. The van der Waals surface area contributed by atoms with Gasteiger partial charge in [-0.3, -0.25) is 9.69 Å². The van der Waals surface area contributed by atoms with Crippen LogP contribution in [-0.4, -0.2) is 62.9 Å². The van der Waals surface area contributed by atoms with Gasteiger partial charge in [0, 0.05) is 40.6 Å². The first-order chi connectivity index (χ1) is 10.6. The highest BCUT2D eigenvalue weighted by Gasteiger charge is 2.20. The Hall–Kier alpha value is -0.650.